The van der Waals surface area contributed by atoms with E-state index >= 15 is 0 Å². The van der Waals surface area contributed by atoms with Gasteiger partial charge in [-0.2, -0.15) is 0 Å². The van der Waals surface area contributed by atoms with Crippen LogP contribution in [0.5, 0.6) is 5.75 Å². The van der Waals surface area contributed by atoms with E-state index in [1.54, 1.807) is 18.1 Å². The van der Waals surface area contributed by atoms with E-state index in [0.717, 1.165) is 31.5 Å². The molecule has 0 spiro atoms. The van der Waals surface area contributed by atoms with Crippen LogP contribution >= 0.6 is 11.3 Å². The van der Waals surface area contributed by atoms with Crippen LogP contribution in [0, 0.1) is 4.91 Å². The number of methoxy groups -OCH3 is 1. The van der Waals surface area contributed by atoms with E-state index in [-0.39, 0.29) is 0 Å². The molecule has 2 aliphatic rings. The van der Waals surface area contributed by atoms with E-state index in [9.17, 15) is 4.91 Å². The minimum Gasteiger partial charge on any atom is -0.494 e. The van der Waals surface area contributed by atoms with Crippen molar-refractivity contribution in [1.82, 2.24) is 4.90 Å². The van der Waals surface area contributed by atoms with Gasteiger partial charge in [0.1, 0.15) is 5.69 Å². The van der Waals surface area contributed by atoms with E-state index in [2.05, 4.69) is 29.1 Å². The fourth-order valence-corrected chi connectivity index (χ4v) is 5.42. The Labute approximate surface area is 146 Å². The first-order valence-corrected chi connectivity index (χ1v) is 9.44. The number of hydrogen-bond acceptors (Lipinski definition) is 5. The largest absolute Gasteiger partial charge is 0.494 e. The first kappa shape index (κ1) is 15.8. The molecule has 2 aliphatic heterocycles. The Morgan fingerprint density at radius 3 is 3.04 bits per heavy atom. The zero-order valence-electron chi connectivity index (χ0n) is 14.2. The van der Waals surface area contributed by atoms with Gasteiger partial charge in [0, 0.05) is 34.4 Å². The summed E-state index contributed by atoms with van der Waals surface area (Å²) in [5.41, 5.74) is 4.36. The van der Waals surface area contributed by atoms with Crippen LogP contribution in [-0.2, 0) is 25.8 Å². The maximum atomic E-state index is 11.0. The lowest BCUT2D eigenvalue weighted by Crippen LogP contribution is -2.38. The Morgan fingerprint density at radius 1 is 1.42 bits per heavy atom. The van der Waals surface area contributed by atoms with Crippen LogP contribution in [0.2, 0.25) is 0 Å². The summed E-state index contributed by atoms with van der Waals surface area (Å²) < 4.78 is 5.50. The van der Waals surface area contributed by atoms with Gasteiger partial charge in [-0.1, -0.05) is 19.4 Å². The highest BCUT2D eigenvalue weighted by atomic mass is 32.1. The van der Waals surface area contributed by atoms with Crippen LogP contribution in [0.15, 0.2) is 23.4 Å². The highest BCUT2D eigenvalue weighted by molar-refractivity contribution is 7.12. The molecular weight excluding hydrogens is 320 g/mol. The molecule has 126 valence electrons. The van der Waals surface area contributed by atoms with Crippen molar-refractivity contribution in [3.05, 3.63) is 49.6 Å². The average Bonchev–Trinajstić information content (AvgIpc) is 3.02. The standard InChI is InChI=1S/C19H22N2O2S/c1-3-4-13-10-14-17-9-12-5-6-16(20-22)19(23-2)15(12)11-21(17)8-7-18(14)24-13/h5-6,10,17H,3-4,7-9,11H2,1-2H3/t17-/m0/s1. The molecule has 1 aromatic carbocycles. The minimum atomic E-state index is 0.410. The van der Waals surface area contributed by atoms with Gasteiger partial charge in [-0.15, -0.1) is 16.2 Å². The van der Waals surface area contributed by atoms with Gasteiger partial charge in [0.25, 0.3) is 0 Å². The first-order chi connectivity index (χ1) is 11.7. The topological polar surface area (TPSA) is 41.9 Å². The van der Waals surface area contributed by atoms with Gasteiger partial charge in [0.05, 0.1) is 7.11 Å². The van der Waals surface area contributed by atoms with Crippen LogP contribution in [0.25, 0.3) is 0 Å². The van der Waals surface area contributed by atoms with Crippen molar-refractivity contribution < 1.29 is 4.74 Å². The Balaban J connectivity index is 1.72. The molecule has 0 saturated heterocycles. The molecule has 0 N–H and O–H groups in total. The average molecular weight is 342 g/mol. The number of fused-ring (bicyclic) bond motifs is 4. The first-order valence-electron chi connectivity index (χ1n) is 8.62. The third-order valence-corrected chi connectivity index (χ3v) is 6.50. The molecule has 2 aromatic rings. The SMILES string of the molecule is CCCc1cc2c(s1)CCN1Cc3c(ccc(N=O)c3OC)C[C@@H]21. The summed E-state index contributed by atoms with van der Waals surface area (Å²) in [6.45, 7) is 4.16. The predicted octanol–water partition coefficient (Wildman–Crippen LogP) is 4.76. The van der Waals surface area contributed by atoms with E-state index in [1.807, 2.05) is 11.3 Å². The number of hydrogen-bond donors (Lipinski definition) is 0. The Kier molecular flexibility index (Phi) is 4.14. The normalized spacial score (nSPS) is 19.3. The second kappa shape index (κ2) is 6.30. The van der Waals surface area contributed by atoms with Crippen LogP contribution in [0.1, 0.15) is 45.8 Å². The zero-order chi connectivity index (χ0) is 16.7. The van der Waals surface area contributed by atoms with E-state index < -0.39 is 0 Å². The van der Waals surface area contributed by atoms with Gasteiger partial charge < -0.3 is 4.74 Å². The maximum absolute atomic E-state index is 11.0. The number of thiophene rings is 1. The Morgan fingerprint density at radius 2 is 2.29 bits per heavy atom. The number of nitroso groups, excluding NO2 is 1. The quantitative estimate of drug-likeness (QED) is 0.752. The number of rotatable bonds is 4. The van der Waals surface area contributed by atoms with Crippen molar-refractivity contribution in [3.63, 3.8) is 0 Å². The summed E-state index contributed by atoms with van der Waals surface area (Å²) in [5, 5.41) is 3.12. The van der Waals surface area contributed by atoms with E-state index in [4.69, 9.17) is 4.74 Å². The van der Waals surface area contributed by atoms with Crippen LogP contribution in [0.3, 0.4) is 0 Å². The van der Waals surface area contributed by atoms with E-state index in [1.165, 1.54) is 28.8 Å². The Bertz CT molecular complexity index is 784. The lowest BCUT2D eigenvalue weighted by atomic mass is 9.86. The van der Waals surface area contributed by atoms with Gasteiger partial charge in [0.2, 0.25) is 0 Å². The van der Waals surface area contributed by atoms with Crippen molar-refractivity contribution in [2.45, 2.75) is 45.2 Å². The predicted molar refractivity (Wildman–Crippen MR) is 97.3 cm³/mol. The number of benzene rings is 1. The molecule has 0 fully saturated rings. The van der Waals surface area contributed by atoms with E-state index in [0.29, 0.717) is 17.5 Å². The zero-order valence-corrected chi connectivity index (χ0v) is 15.0. The van der Waals surface area contributed by atoms with Crippen molar-refractivity contribution >= 4 is 17.0 Å². The third kappa shape index (κ3) is 2.47. The Hall–Kier alpha value is -1.72. The molecular formula is C19H22N2O2S. The molecule has 0 unspecified atom stereocenters. The second-order valence-corrected chi connectivity index (χ2v) is 7.85. The molecule has 24 heavy (non-hydrogen) atoms. The van der Waals surface area contributed by atoms with Gasteiger partial charge in [0.15, 0.2) is 5.75 Å². The smallest absolute Gasteiger partial charge is 0.152 e. The fourth-order valence-electron chi connectivity index (χ4n) is 4.11. The van der Waals surface area contributed by atoms with Gasteiger partial charge in [-0.25, -0.2) is 0 Å². The molecule has 0 saturated carbocycles. The fraction of sp³-hybridized carbons (Fsp3) is 0.474. The number of nitrogens with zero attached hydrogens (tertiary/aromatic N) is 2. The van der Waals surface area contributed by atoms with Crippen molar-refractivity contribution in [1.29, 1.82) is 0 Å². The second-order valence-electron chi connectivity index (χ2n) is 6.63. The molecule has 3 heterocycles. The lowest BCUT2D eigenvalue weighted by Gasteiger charge is -2.40. The molecule has 4 rings (SSSR count). The summed E-state index contributed by atoms with van der Waals surface area (Å²) >= 11 is 2.00. The molecule has 0 amide bonds. The highest BCUT2D eigenvalue weighted by Gasteiger charge is 2.35. The maximum Gasteiger partial charge on any atom is 0.152 e. The summed E-state index contributed by atoms with van der Waals surface area (Å²) in [6, 6.07) is 6.74. The summed E-state index contributed by atoms with van der Waals surface area (Å²) in [7, 11) is 1.63. The van der Waals surface area contributed by atoms with Crippen molar-refractivity contribution in [2.75, 3.05) is 13.7 Å². The van der Waals surface area contributed by atoms with Gasteiger partial charge in [-0.05, 0) is 47.7 Å². The molecule has 0 aliphatic carbocycles. The summed E-state index contributed by atoms with van der Waals surface area (Å²) in [4.78, 5) is 16.7. The van der Waals surface area contributed by atoms with Crippen molar-refractivity contribution in [2.24, 2.45) is 5.18 Å². The molecule has 5 heteroatoms. The summed E-state index contributed by atoms with van der Waals surface area (Å²) in [6.07, 6.45) is 4.50. The summed E-state index contributed by atoms with van der Waals surface area (Å²) in [5.74, 6) is 0.656. The minimum absolute atomic E-state index is 0.410. The molecule has 0 radical (unpaired) electrons. The molecule has 0 bridgehead atoms. The van der Waals surface area contributed by atoms with Gasteiger partial charge in [-0.3, -0.25) is 4.90 Å². The third-order valence-electron chi connectivity index (χ3n) is 5.23. The molecule has 4 nitrogen and oxygen atoms in total. The van der Waals surface area contributed by atoms with Crippen LogP contribution in [0.4, 0.5) is 5.69 Å². The van der Waals surface area contributed by atoms with Crippen LogP contribution < -0.4 is 4.74 Å². The van der Waals surface area contributed by atoms with Crippen molar-refractivity contribution in [3.8, 4) is 5.75 Å². The van der Waals surface area contributed by atoms with Crippen LogP contribution in [-0.4, -0.2) is 18.6 Å². The number of ether oxygens (including phenoxy) is 1. The number of aryl methyl sites for hydroxylation is 1. The highest BCUT2D eigenvalue weighted by Crippen LogP contribution is 2.45. The molecule has 1 atom stereocenters. The molecule has 1 aromatic heterocycles. The van der Waals surface area contributed by atoms with Gasteiger partial charge >= 0.3 is 0 Å². The lowest BCUT2D eigenvalue weighted by molar-refractivity contribution is 0.160. The monoisotopic (exact) mass is 342 g/mol.